The molecule has 0 saturated heterocycles. The van der Waals surface area contributed by atoms with Crippen LogP contribution >= 0.6 is 34.7 Å². The number of nitrogens with zero attached hydrogens (tertiary/aromatic N) is 1. The van der Waals surface area contributed by atoms with E-state index in [1.165, 1.54) is 47.4 Å². The number of hydrogen-bond donors (Lipinski definition) is 3. The van der Waals surface area contributed by atoms with Crippen molar-refractivity contribution in [1.82, 2.24) is 10.3 Å². The molecule has 38 heavy (non-hydrogen) atoms. The molecular weight excluding hydrogens is 547 g/mol. The third-order valence-electron chi connectivity index (χ3n) is 4.96. The zero-order chi connectivity index (χ0) is 26.9. The van der Waals surface area contributed by atoms with Crippen LogP contribution in [0, 0.1) is 5.82 Å². The number of amides is 3. The molecule has 0 unspecified atom stereocenters. The molecule has 0 radical (unpaired) electrons. The second kappa shape index (κ2) is 13.0. The molecule has 4 aromatic rings. The van der Waals surface area contributed by atoms with E-state index in [9.17, 15) is 18.8 Å². The van der Waals surface area contributed by atoms with Crippen molar-refractivity contribution >= 4 is 69.3 Å². The van der Waals surface area contributed by atoms with Crippen LogP contribution in [0.5, 0.6) is 0 Å². The predicted octanol–water partition coefficient (Wildman–Crippen LogP) is 6.08. The Bertz CT molecular complexity index is 1460. The van der Waals surface area contributed by atoms with Gasteiger partial charge in [-0.15, -0.1) is 23.1 Å². The Labute approximate surface area is 231 Å². The Morgan fingerprint density at radius 3 is 2.53 bits per heavy atom. The summed E-state index contributed by atoms with van der Waals surface area (Å²) in [7, 11) is 0. The van der Waals surface area contributed by atoms with Gasteiger partial charge in [0.2, 0.25) is 5.91 Å². The summed E-state index contributed by atoms with van der Waals surface area (Å²) in [5, 5.41) is 10.3. The molecule has 3 aromatic carbocycles. The molecule has 0 fully saturated rings. The summed E-state index contributed by atoms with van der Waals surface area (Å²) in [6.07, 6.45) is 2.79. The number of anilines is 2. The van der Waals surface area contributed by atoms with Crippen LogP contribution in [-0.4, -0.2) is 28.5 Å². The maximum atomic E-state index is 14.5. The van der Waals surface area contributed by atoms with Crippen molar-refractivity contribution in [1.29, 1.82) is 0 Å². The monoisotopic (exact) mass is 566 g/mol. The van der Waals surface area contributed by atoms with Gasteiger partial charge in [-0.05, 0) is 48.5 Å². The third-order valence-corrected chi connectivity index (χ3v) is 6.97. The smallest absolute Gasteiger partial charge is 0.272 e. The summed E-state index contributed by atoms with van der Waals surface area (Å²) in [4.78, 5) is 42.9. The van der Waals surface area contributed by atoms with Crippen molar-refractivity contribution in [3.63, 3.8) is 0 Å². The average molecular weight is 567 g/mol. The molecule has 0 aliphatic heterocycles. The molecule has 7 nitrogen and oxygen atoms in total. The van der Waals surface area contributed by atoms with E-state index in [0.717, 1.165) is 4.90 Å². The molecule has 192 valence electrons. The van der Waals surface area contributed by atoms with Gasteiger partial charge in [0.05, 0.1) is 10.8 Å². The Morgan fingerprint density at radius 2 is 1.79 bits per heavy atom. The van der Waals surface area contributed by atoms with Crippen molar-refractivity contribution in [3.8, 4) is 0 Å². The van der Waals surface area contributed by atoms with Gasteiger partial charge in [-0.1, -0.05) is 41.9 Å². The summed E-state index contributed by atoms with van der Waals surface area (Å²) in [5.74, 6) is -1.95. The van der Waals surface area contributed by atoms with E-state index in [2.05, 4.69) is 20.9 Å². The van der Waals surface area contributed by atoms with Crippen molar-refractivity contribution in [2.24, 2.45) is 0 Å². The fourth-order valence-electron chi connectivity index (χ4n) is 3.19. The summed E-state index contributed by atoms with van der Waals surface area (Å²) in [6.45, 7) is 0. The number of carbonyl (C=O) groups excluding carboxylic acids is 3. The van der Waals surface area contributed by atoms with E-state index in [4.69, 9.17) is 11.6 Å². The Morgan fingerprint density at radius 1 is 1.00 bits per heavy atom. The molecule has 1 heterocycles. The lowest BCUT2D eigenvalue weighted by Gasteiger charge is -2.13. The normalized spacial score (nSPS) is 11.1. The van der Waals surface area contributed by atoms with Crippen molar-refractivity contribution in [3.05, 3.63) is 112 Å². The Kier molecular flexibility index (Phi) is 9.26. The number of rotatable bonds is 9. The van der Waals surface area contributed by atoms with Gasteiger partial charge >= 0.3 is 0 Å². The standard InChI is InChI=1S/C27H20ClFN4O3S2/c28-21-10-5-11-22(29)20(21)15-23(32-25(35)17-6-2-1-3-7-17)26(36)31-18-8-4-9-19(14-18)38-16-24(34)33-27-30-12-13-37-27/h1-15H,16H2,(H,31,36)(H,32,35)(H,30,33,34)/b23-15+. The Balaban J connectivity index is 1.50. The first-order valence-corrected chi connectivity index (χ1v) is 13.4. The SMILES string of the molecule is O=C(CSc1cccc(NC(=O)/C(=C\c2c(F)cccc2Cl)NC(=O)c2ccccc2)c1)Nc1nccs1. The molecule has 1 aromatic heterocycles. The minimum atomic E-state index is -0.683. The number of thioether (sulfide) groups is 1. The van der Waals surface area contributed by atoms with Crippen LogP contribution in [0.3, 0.4) is 0 Å². The highest BCUT2D eigenvalue weighted by Crippen LogP contribution is 2.24. The van der Waals surface area contributed by atoms with E-state index < -0.39 is 17.6 Å². The zero-order valence-corrected chi connectivity index (χ0v) is 22.0. The summed E-state index contributed by atoms with van der Waals surface area (Å²) in [6, 6.07) is 19.3. The first-order chi connectivity index (χ1) is 18.4. The van der Waals surface area contributed by atoms with Crippen molar-refractivity contribution < 1.29 is 18.8 Å². The minimum Gasteiger partial charge on any atom is -0.321 e. The van der Waals surface area contributed by atoms with Crippen LogP contribution in [0.2, 0.25) is 5.02 Å². The number of hydrogen-bond acceptors (Lipinski definition) is 6. The maximum absolute atomic E-state index is 14.5. The van der Waals surface area contributed by atoms with Gasteiger partial charge in [0.15, 0.2) is 5.13 Å². The van der Waals surface area contributed by atoms with E-state index in [1.807, 2.05) is 0 Å². The second-order valence-electron chi connectivity index (χ2n) is 7.67. The molecule has 3 amide bonds. The van der Waals surface area contributed by atoms with E-state index >= 15 is 0 Å². The molecule has 4 rings (SSSR count). The van der Waals surface area contributed by atoms with Crippen LogP contribution in [0.15, 0.2) is 95.0 Å². The highest BCUT2D eigenvalue weighted by Gasteiger charge is 2.17. The highest BCUT2D eigenvalue weighted by atomic mass is 35.5. The fraction of sp³-hybridized carbons (Fsp3) is 0.0370. The molecular formula is C27H20ClFN4O3S2. The fourth-order valence-corrected chi connectivity index (χ4v) is 4.70. The van der Waals surface area contributed by atoms with Crippen LogP contribution in [0.1, 0.15) is 15.9 Å². The highest BCUT2D eigenvalue weighted by molar-refractivity contribution is 8.00. The second-order valence-corrected chi connectivity index (χ2v) is 10.0. The van der Waals surface area contributed by atoms with Gasteiger partial charge in [0, 0.05) is 33.3 Å². The molecule has 0 bridgehead atoms. The topological polar surface area (TPSA) is 100 Å². The first-order valence-electron chi connectivity index (χ1n) is 11.1. The number of carbonyl (C=O) groups is 3. The number of nitrogens with one attached hydrogen (secondary N) is 3. The quantitative estimate of drug-likeness (QED) is 0.168. The van der Waals surface area contributed by atoms with Gasteiger partial charge in [-0.25, -0.2) is 9.37 Å². The van der Waals surface area contributed by atoms with Crippen molar-refractivity contribution in [2.75, 3.05) is 16.4 Å². The van der Waals surface area contributed by atoms with Crippen LogP contribution in [-0.2, 0) is 9.59 Å². The number of benzene rings is 3. The van der Waals surface area contributed by atoms with Crippen LogP contribution < -0.4 is 16.0 Å². The largest absolute Gasteiger partial charge is 0.321 e. The van der Waals surface area contributed by atoms with E-state index in [0.29, 0.717) is 16.4 Å². The molecule has 3 N–H and O–H groups in total. The van der Waals surface area contributed by atoms with Crippen LogP contribution in [0.4, 0.5) is 15.2 Å². The molecule has 0 saturated carbocycles. The summed E-state index contributed by atoms with van der Waals surface area (Å²) >= 11 is 8.75. The minimum absolute atomic E-state index is 0.0387. The third kappa shape index (κ3) is 7.51. The van der Waals surface area contributed by atoms with Crippen molar-refractivity contribution in [2.45, 2.75) is 4.90 Å². The van der Waals surface area contributed by atoms with Gasteiger partial charge < -0.3 is 16.0 Å². The predicted molar refractivity (Wildman–Crippen MR) is 150 cm³/mol. The van der Waals surface area contributed by atoms with Crippen LogP contribution in [0.25, 0.3) is 6.08 Å². The maximum Gasteiger partial charge on any atom is 0.272 e. The average Bonchev–Trinajstić information content (AvgIpc) is 3.42. The molecule has 0 spiro atoms. The summed E-state index contributed by atoms with van der Waals surface area (Å²) in [5.41, 5.74) is 0.495. The number of aromatic nitrogens is 1. The number of thiazole rings is 1. The Hall–Kier alpha value is -3.99. The van der Waals surface area contributed by atoms with E-state index in [1.54, 1.807) is 66.2 Å². The molecule has 11 heteroatoms. The lowest BCUT2D eigenvalue weighted by Crippen LogP contribution is -2.30. The molecule has 0 aliphatic carbocycles. The van der Waals surface area contributed by atoms with Gasteiger partial charge in [-0.3, -0.25) is 14.4 Å². The molecule has 0 atom stereocenters. The zero-order valence-electron chi connectivity index (χ0n) is 19.6. The van der Waals surface area contributed by atoms with Gasteiger partial charge in [-0.2, -0.15) is 0 Å². The number of halogens is 2. The van der Waals surface area contributed by atoms with Gasteiger partial charge in [0.25, 0.3) is 11.8 Å². The molecule has 0 aliphatic rings. The van der Waals surface area contributed by atoms with E-state index in [-0.39, 0.29) is 27.9 Å². The summed E-state index contributed by atoms with van der Waals surface area (Å²) < 4.78 is 14.5. The first kappa shape index (κ1) is 27.1. The lowest BCUT2D eigenvalue weighted by atomic mass is 10.1. The van der Waals surface area contributed by atoms with Gasteiger partial charge in [0.1, 0.15) is 11.5 Å². The lowest BCUT2D eigenvalue weighted by molar-refractivity contribution is -0.114.